The normalized spacial score (nSPS) is 15.6. The maximum absolute atomic E-state index is 5.62. The van der Waals surface area contributed by atoms with Crippen LogP contribution in [0.3, 0.4) is 0 Å². The highest BCUT2D eigenvalue weighted by Gasteiger charge is 2.10. The van der Waals surface area contributed by atoms with E-state index in [2.05, 4.69) is 31.4 Å². The number of hydrogen-bond acceptors (Lipinski definition) is 2. The van der Waals surface area contributed by atoms with Crippen LogP contribution in [0.5, 0.6) is 0 Å². The van der Waals surface area contributed by atoms with Crippen LogP contribution in [0, 0.1) is 11.8 Å². The van der Waals surface area contributed by atoms with Gasteiger partial charge in [-0.05, 0) is 42.7 Å². The lowest BCUT2D eigenvalue weighted by atomic mass is 9.91. The summed E-state index contributed by atoms with van der Waals surface area (Å²) in [5.74, 6) is 1.40. The smallest absolute Gasteiger partial charge is 0.00453 e. The Morgan fingerprint density at radius 1 is 1.38 bits per heavy atom. The molecule has 0 aliphatic heterocycles. The Morgan fingerprint density at radius 2 is 2.15 bits per heavy atom. The van der Waals surface area contributed by atoms with Crippen LogP contribution in [0.1, 0.15) is 25.1 Å². The van der Waals surface area contributed by atoms with Crippen LogP contribution in [-0.4, -0.2) is 6.54 Å². The van der Waals surface area contributed by atoms with E-state index >= 15 is 0 Å². The monoisotopic (exact) mass is 197 g/mol. The summed E-state index contributed by atoms with van der Waals surface area (Å²) in [5, 5.41) is 2.15. The van der Waals surface area contributed by atoms with Gasteiger partial charge in [0.05, 0.1) is 0 Å². The van der Waals surface area contributed by atoms with Crippen LogP contribution in [-0.2, 0) is 6.42 Å². The zero-order valence-corrected chi connectivity index (χ0v) is 9.31. The van der Waals surface area contributed by atoms with E-state index in [4.69, 9.17) is 5.73 Å². The highest BCUT2D eigenvalue weighted by Crippen LogP contribution is 2.19. The number of hydrogen-bond donors (Lipinski definition) is 1. The second kappa shape index (κ2) is 5.40. The van der Waals surface area contributed by atoms with Gasteiger partial charge in [-0.25, -0.2) is 0 Å². The van der Waals surface area contributed by atoms with Crippen LogP contribution in [0.15, 0.2) is 17.5 Å². The summed E-state index contributed by atoms with van der Waals surface area (Å²) in [5.41, 5.74) is 5.62. The van der Waals surface area contributed by atoms with Crippen LogP contribution in [0.2, 0.25) is 0 Å². The van der Waals surface area contributed by atoms with Crippen molar-refractivity contribution in [3.8, 4) is 0 Å². The highest BCUT2D eigenvalue weighted by molar-refractivity contribution is 7.09. The number of nitrogens with two attached hydrogens (primary N) is 1. The fourth-order valence-electron chi connectivity index (χ4n) is 1.34. The molecule has 1 aromatic rings. The van der Waals surface area contributed by atoms with Gasteiger partial charge in [0, 0.05) is 4.88 Å². The van der Waals surface area contributed by atoms with Gasteiger partial charge >= 0.3 is 0 Å². The topological polar surface area (TPSA) is 26.0 Å². The van der Waals surface area contributed by atoms with Crippen LogP contribution in [0.25, 0.3) is 0 Å². The van der Waals surface area contributed by atoms with Crippen molar-refractivity contribution in [1.29, 1.82) is 0 Å². The third-order valence-corrected chi connectivity index (χ3v) is 3.71. The Labute approximate surface area is 85.0 Å². The van der Waals surface area contributed by atoms with Crippen molar-refractivity contribution in [3.63, 3.8) is 0 Å². The summed E-state index contributed by atoms with van der Waals surface area (Å²) >= 11 is 1.85. The molecule has 0 spiro atoms. The molecule has 0 radical (unpaired) electrons. The molecule has 1 heterocycles. The maximum Gasteiger partial charge on any atom is 0.00453 e. The van der Waals surface area contributed by atoms with Crippen molar-refractivity contribution in [1.82, 2.24) is 0 Å². The van der Waals surface area contributed by atoms with E-state index < -0.39 is 0 Å². The SMILES string of the molecule is CC(CN)C(C)CCc1cccs1. The van der Waals surface area contributed by atoms with E-state index in [1.165, 1.54) is 17.7 Å². The first kappa shape index (κ1) is 10.7. The molecule has 74 valence electrons. The summed E-state index contributed by atoms with van der Waals surface area (Å²) in [4.78, 5) is 1.50. The lowest BCUT2D eigenvalue weighted by Gasteiger charge is -2.17. The molecule has 1 nitrogen and oxygen atoms in total. The van der Waals surface area contributed by atoms with E-state index in [1.54, 1.807) is 0 Å². The van der Waals surface area contributed by atoms with Gasteiger partial charge in [-0.3, -0.25) is 0 Å². The molecular formula is C11H19NS. The fourth-order valence-corrected chi connectivity index (χ4v) is 2.07. The Bertz CT molecular complexity index is 218. The second-order valence-corrected chi connectivity index (χ2v) is 4.84. The highest BCUT2D eigenvalue weighted by atomic mass is 32.1. The van der Waals surface area contributed by atoms with Crippen molar-refractivity contribution in [2.45, 2.75) is 26.7 Å². The zero-order chi connectivity index (χ0) is 9.68. The fraction of sp³-hybridized carbons (Fsp3) is 0.636. The Balaban J connectivity index is 2.26. The zero-order valence-electron chi connectivity index (χ0n) is 8.49. The van der Waals surface area contributed by atoms with E-state index in [0.29, 0.717) is 5.92 Å². The van der Waals surface area contributed by atoms with Crippen LogP contribution in [0.4, 0.5) is 0 Å². The van der Waals surface area contributed by atoms with Gasteiger partial charge in [-0.2, -0.15) is 0 Å². The standard InChI is InChI=1S/C11H19NS/c1-9(10(2)8-12)5-6-11-4-3-7-13-11/h3-4,7,9-10H,5-6,8,12H2,1-2H3. The molecule has 2 atom stereocenters. The summed E-state index contributed by atoms with van der Waals surface area (Å²) in [7, 11) is 0. The van der Waals surface area contributed by atoms with Crippen LogP contribution < -0.4 is 5.73 Å². The van der Waals surface area contributed by atoms with Gasteiger partial charge in [0.2, 0.25) is 0 Å². The van der Waals surface area contributed by atoms with Crippen molar-refractivity contribution in [2.24, 2.45) is 17.6 Å². The van der Waals surface area contributed by atoms with E-state index in [9.17, 15) is 0 Å². The molecular weight excluding hydrogens is 178 g/mol. The van der Waals surface area contributed by atoms with Gasteiger partial charge in [-0.1, -0.05) is 19.9 Å². The molecule has 0 saturated heterocycles. The number of thiophene rings is 1. The molecule has 0 aliphatic carbocycles. The van der Waals surface area contributed by atoms with Gasteiger partial charge in [-0.15, -0.1) is 11.3 Å². The molecule has 1 rings (SSSR count). The molecule has 0 bridgehead atoms. The van der Waals surface area contributed by atoms with Gasteiger partial charge in [0.25, 0.3) is 0 Å². The summed E-state index contributed by atoms with van der Waals surface area (Å²) in [6.45, 7) is 5.34. The number of rotatable bonds is 5. The molecule has 0 amide bonds. The quantitative estimate of drug-likeness (QED) is 0.771. The van der Waals surface area contributed by atoms with Gasteiger partial charge < -0.3 is 5.73 Å². The van der Waals surface area contributed by atoms with Crippen LogP contribution >= 0.6 is 11.3 Å². The summed E-state index contributed by atoms with van der Waals surface area (Å²) in [6.07, 6.45) is 2.47. The minimum atomic E-state index is 0.653. The average Bonchev–Trinajstić information content (AvgIpc) is 2.65. The van der Waals surface area contributed by atoms with Crippen molar-refractivity contribution >= 4 is 11.3 Å². The Kier molecular flexibility index (Phi) is 4.46. The van der Waals surface area contributed by atoms with Gasteiger partial charge in [0.15, 0.2) is 0 Å². The summed E-state index contributed by atoms with van der Waals surface area (Å²) < 4.78 is 0. The molecule has 13 heavy (non-hydrogen) atoms. The lowest BCUT2D eigenvalue weighted by Crippen LogP contribution is -2.18. The van der Waals surface area contributed by atoms with Crippen molar-refractivity contribution in [3.05, 3.63) is 22.4 Å². The van der Waals surface area contributed by atoms with Crippen molar-refractivity contribution in [2.75, 3.05) is 6.54 Å². The van der Waals surface area contributed by atoms with E-state index in [1.807, 2.05) is 11.3 Å². The van der Waals surface area contributed by atoms with Crippen molar-refractivity contribution < 1.29 is 0 Å². The molecule has 2 heteroatoms. The largest absolute Gasteiger partial charge is 0.330 e. The molecule has 0 aliphatic rings. The molecule has 0 aromatic carbocycles. The average molecular weight is 197 g/mol. The minimum Gasteiger partial charge on any atom is -0.330 e. The first-order valence-corrected chi connectivity index (χ1v) is 5.84. The molecule has 0 saturated carbocycles. The first-order valence-electron chi connectivity index (χ1n) is 4.96. The third kappa shape index (κ3) is 3.49. The van der Waals surface area contributed by atoms with E-state index in [-0.39, 0.29) is 0 Å². The predicted octanol–water partition coefficient (Wildman–Crippen LogP) is 2.91. The molecule has 0 fully saturated rings. The first-order chi connectivity index (χ1) is 6.24. The Hall–Kier alpha value is -0.340. The second-order valence-electron chi connectivity index (χ2n) is 3.81. The minimum absolute atomic E-state index is 0.653. The molecule has 1 aromatic heterocycles. The molecule has 2 unspecified atom stereocenters. The van der Waals surface area contributed by atoms with Gasteiger partial charge in [0.1, 0.15) is 0 Å². The third-order valence-electron chi connectivity index (χ3n) is 2.77. The number of aryl methyl sites for hydroxylation is 1. The lowest BCUT2D eigenvalue weighted by molar-refractivity contribution is 0.373. The predicted molar refractivity (Wildman–Crippen MR) is 60.0 cm³/mol. The maximum atomic E-state index is 5.62. The molecule has 2 N–H and O–H groups in total. The van der Waals surface area contributed by atoms with E-state index in [0.717, 1.165) is 12.5 Å². The Morgan fingerprint density at radius 3 is 2.69 bits per heavy atom. The summed E-state index contributed by atoms with van der Waals surface area (Å²) in [6, 6.07) is 4.33.